The Bertz CT molecular complexity index is 805. The number of halogens is 1. The second-order valence-corrected chi connectivity index (χ2v) is 7.06. The number of carbonyl (C=O) groups excluding carboxylic acids is 3. The molecule has 0 unspecified atom stereocenters. The predicted molar refractivity (Wildman–Crippen MR) is 109 cm³/mol. The van der Waals surface area contributed by atoms with Gasteiger partial charge in [-0.25, -0.2) is 0 Å². The summed E-state index contributed by atoms with van der Waals surface area (Å²) in [4.78, 5) is 38.5. The van der Waals surface area contributed by atoms with Gasteiger partial charge in [-0.3, -0.25) is 14.4 Å². The number of nitrogens with zero attached hydrogens (tertiary/aromatic N) is 1. The van der Waals surface area contributed by atoms with Crippen LogP contribution in [-0.4, -0.2) is 42.3 Å². The van der Waals surface area contributed by atoms with Crippen LogP contribution in [0.1, 0.15) is 40.3 Å². The van der Waals surface area contributed by atoms with Crippen LogP contribution in [0.5, 0.6) is 0 Å². The monoisotopic (exact) mass is 407 g/mol. The molecule has 144 valence electrons. The fourth-order valence-corrected chi connectivity index (χ4v) is 3.36. The van der Waals surface area contributed by atoms with Gasteiger partial charge in [-0.15, -0.1) is 11.3 Å². The number of carbonyl (C=O) groups is 3. The molecule has 0 radical (unpaired) electrons. The van der Waals surface area contributed by atoms with Crippen LogP contribution in [-0.2, 0) is 4.79 Å². The van der Waals surface area contributed by atoms with Crippen molar-refractivity contribution in [1.82, 2.24) is 10.2 Å². The summed E-state index contributed by atoms with van der Waals surface area (Å²) in [6, 6.07) is 8.33. The van der Waals surface area contributed by atoms with E-state index < -0.39 is 0 Å². The van der Waals surface area contributed by atoms with Gasteiger partial charge in [-0.05, 0) is 43.5 Å². The van der Waals surface area contributed by atoms with E-state index in [4.69, 9.17) is 11.6 Å². The average molecular weight is 408 g/mol. The molecule has 1 heterocycles. The zero-order valence-electron chi connectivity index (χ0n) is 15.3. The lowest BCUT2D eigenvalue weighted by atomic mass is 10.1. The summed E-state index contributed by atoms with van der Waals surface area (Å²) in [5.41, 5.74) is 0.909. The minimum absolute atomic E-state index is 0.134. The molecule has 1 aromatic heterocycles. The summed E-state index contributed by atoms with van der Waals surface area (Å²) in [5, 5.41) is 7.52. The lowest BCUT2D eigenvalue weighted by Crippen LogP contribution is -2.30. The fourth-order valence-electron chi connectivity index (χ4n) is 2.46. The van der Waals surface area contributed by atoms with Crippen molar-refractivity contribution in [2.24, 2.45) is 0 Å². The molecule has 1 aromatic carbocycles. The first-order valence-electron chi connectivity index (χ1n) is 8.66. The van der Waals surface area contributed by atoms with Crippen LogP contribution in [0.4, 0.5) is 5.69 Å². The quantitative estimate of drug-likeness (QED) is 0.701. The first kappa shape index (κ1) is 20.9. The maximum absolute atomic E-state index is 12.4. The van der Waals surface area contributed by atoms with E-state index >= 15 is 0 Å². The number of thiophene rings is 1. The smallest absolute Gasteiger partial charge is 0.261 e. The van der Waals surface area contributed by atoms with Gasteiger partial charge in [0.2, 0.25) is 5.91 Å². The summed E-state index contributed by atoms with van der Waals surface area (Å²) in [7, 11) is 0. The SMILES string of the molecule is CCN(CC)C(=O)c1ccc(NC(=O)CCNC(=O)c2cccs2)cc1Cl. The van der Waals surface area contributed by atoms with Crippen molar-refractivity contribution in [3.8, 4) is 0 Å². The van der Waals surface area contributed by atoms with Crippen molar-refractivity contribution in [1.29, 1.82) is 0 Å². The number of amides is 3. The van der Waals surface area contributed by atoms with Gasteiger partial charge in [0.25, 0.3) is 11.8 Å². The van der Waals surface area contributed by atoms with E-state index in [0.29, 0.717) is 29.2 Å². The lowest BCUT2D eigenvalue weighted by molar-refractivity contribution is -0.116. The van der Waals surface area contributed by atoms with E-state index in [9.17, 15) is 14.4 Å². The molecular formula is C19H22ClN3O3S. The van der Waals surface area contributed by atoms with Gasteiger partial charge in [-0.2, -0.15) is 0 Å². The van der Waals surface area contributed by atoms with E-state index in [1.54, 1.807) is 35.2 Å². The maximum Gasteiger partial charge on any atom is 0.261 e. The molecule has 0 aliphatic heterocycles. The normalized spacial score (nSPS) is 10.3. The van der Waals surface area contributed by atoms with Gasteiger partial charge in [0.1, 0.15) is 0 Å². The fraction of sp³-hybridized carbons (Fsp3) is 0.316. The summed E-state index contributed by atoms with van der Waals surface area (Å²) in [5.74, 6) is -0.584. The number of rotatable bonds is 8. The zero-order chi connectivity index (χ0) is 19.8. The molecule has 2 N–H and O–H groups in total. The molecule has 0 spiro atoms. The minimum atomic E-state index is -0.250. The maximum atomic E-state index is 12.4. The number of nitrogens with one attached hydrogen (secondary N) is 2. The van der Waals surface area contributed by atoms with Gasteiger partial charge in [0.15, 0.2) is 0 Å². The Kier molecular flexibility index (Phi) is 7.82. The second kappa shape index (κ2) is 10.1. The molecule has 0 aliphatic carbocycles. The van der Waals surface area contributed by atoms with Crippen LogP contribution in [0.3, 0.4) is 0 Å². The highest BCUT2D eigenvalue weighted by molar-refractivity contribution is 7.12. The molecule has 3 amide bonds. The van der Waals surface area contributed by atoms with Crippen LogP contribution in [0.15, 0.2) is 35.7 Å². The molecule has 0 aliphatic rings. The predicted octanol–water partition coefficient (Wildman–Crippen LogP) is 3.64. The Hall–Kier alpha value is -2.38. The highest BCUT2D eigenvalue weighted by Gasteiger charge is 2.16. The van der Waals surface area contributed by atoms with Crippen LogP contribution in [0, 0.1) is 0 Å². The Morgan fingerprint density at radius 1 is 1.15 bits per heavy atom. The third kappa shape index (κ3) is 5.80. The van der Waals surface area contributed by atoms with E-state index in [1.165, 1.54) is 11.3 Å². The number of benzene rings is 1. The summed E-state index contributed by atoms with van der Waals surface area (Å²) < 4.78 is 0. The number of hydrogen-bond acceptors (Lipinski definition) is 4. The Morgan fingerprint density at radius 3 is 2.48 bits per heavy atom. The van der Waals surface area contributed by atoms with Gasteiger partial charge < -0.3 is 15.5 Å². The lowest BCUT2D eigenvalue weighted by Gasteiger charge is -2.19. The van der Waals surface area contributed by atoms with Crippen molar-refractivity contribution < 1.29 is 14.4 Å². The van der Waals surface area contributed by atoms with Crippen molar-refractivity contribution in [2.75, 3.05) is 25.0 Å². The van der Waals surface area contributed by atoms with E-state index in [1.807, 2.05) is 19.2 Å². The Labute approximate surface area is 167 Å². The number of anilines is 1. The summed E-state index contributed by atoms with van der Waals surface area (Å²) >= 11 is 7.56. The molecule has 8 heteroatoms. The standard InChI is InChI=1S/C19H22ClN3O3S/c1-3-23(4-2)19(26)14-8-7-13(12-15(14)20)22-17(24)9-10-21-18(25)16-6-5-11-27-16/h5-8,11-12H,3-4,9-10H2,1-2H3,(H,21,25)(H,22,24). The molecule has 0 saturated heterocycles. The molecule has 6 nitrogen and oxygen atoms in total. The van der Waals surface area contributed by atoms with E-state index in [2.05, 4.69) is 10.6 Å². The first-order chi connectivity index (χ1) is 13.0. The van der Waals surface area contributed by atoms with Crippen LogP contribution < -0.4 is 10.6 Å². The topological polar surface area (TPSA) is 78.5 Å². The van der Waals surface area contributed by atoms with E-state index in [0.717, 1.165) is 0 Å². The first-order valence-corrected chi connectivity index (χ1v) is 9.92. The number of hydrogen-bond donors (Lipinski definition) is 2. The summed E-state index contributed by atoms with van der Waals surface area (Å²) in [6.07, 6.45) is 0.134. The third-order valence-electron chi connectivity index (χ3n) is 3.92. The third-order valence-corrected chi connectivity index (χ3v) is 5.10. The van der Waals surface area contributed by atoms with E-state index in [-0.39, 0.29) is 35.7 Å². The van der Waals surface area contributed by atoms with Crippen LogP contribution in [0.2, 0.25) is 5.02 Å². The van der Waals surface area contributed by atoms with Crippen LogP contribution in [0.25, 0.3) is 0 Å². The molecule has 0 atom stereocenters. The molecule has 2 rings (SSSR count). The van der Waals surface area contributed by atoms with Crippen molar-refractivity contribution in [3.63, 3.8) is 0 Å². The molecule has 2 aromatic rings. The molecule has 0 bridgehead atoms. The largest absolute Gasteiger partial charge is 0.351 e. The van der Waals surface area contributed by atoms with Crippen molar-refractivity contribution in [3.05, 3.63) is 51.2 Å². The molecule has 27 heavy (non-hydrogen) atoms. The van der Waals surface area contributed by atoms with Crippen molar-refractivity contribution >= 4 is 46.3 Å². The zero-order valence-corrected chi connectivity index (χ0v) is 16.8. The minimum Gasteiger partial charge on any atom is -0.351 e. The average Bonchev–Trinajstić information content (AvgIpc) is 3.17. The van der Waals surface area contributed by atoms with Crippen LogP contribution >= 0.6 is 22.9 Å². The van der Waals surface area contributed by atoms with Crippen molar-refractivity contribution in [2.45, 2.75) is 20.3 Å². The molecule has 0 saturated carbocycles. The second-order valence-electron chi connectivity index (χ2n) is 5.70. The highest BCUT2D eigenvalue weighted by atomic mass is 35.5. The van der Waals surface area contributed by atoms with Gasteiger partial charge in [-0.1, -0.05) is 17.7 Å². The van der Waals surface area contributed by atoms with Gasteiger partial charge >= 0.3 is 0 Å². The molecule has 0 fully saturated rings. The molecular weight excluding hydrogens is 386 g/mol. The van der Waals surface area contributed by atoms with Gasteiger partial charge in [0.05, 0.1) is 15.5 Å². The Balaban J connectivity index is 1.87. The summed E-state index contributed by atoms with van der Waals surface area (Å²) in [6.45, 7) is 5.24. The highest BCUT2D eigenvalue weighted by Crippen LogP contribution is 2.22. The van der Waals surface area contributed by atoms with Gasteiger partial charge in [0, 0.05) is 31.7 Å². The Morgan fingerprint density at radius 2 is 1.89 bits per heavy atom.